The molecule has 1 aliphatic rings. The first kappa shape index (κ1) is 19.6. The highest BCUT2D eigenvalue weighted by molar-refractivity contribution is 6.31. The molecule has 5 nitrogen and oxygen atoms in total. The number of amides is 1. The van der Waals surface area contributed by atoms with Gasteiger partial charge >= 0.3 is 0 Å². The molecule has 0 unspecified atom stereocenters. The van der Waals surface area contributed by atoms with E-state index in [1.807, 2.05) is 0 Å². The number of fused-ring (bicyclic) bond motifs is 1. The molecule has 1 aliphatic heterocycles. The van der Waals surface area contributed by atoms with E-state index in [2.05, 4.69) is 10.3 Å². The maximum Gasteiger partial charge on any atom is 0.256 e. The Labute approximate surface area is 172 Å². The van der Waals surface area contributed by atoms with Gasteiger partial charge in [-0.2, -0.15) is 0 Å². The van der Waals surface area contributed by atoms with Crippen molar-refractivity contribution >= 4 is 34.2 Å². The number of benzene rings is 2. The average molecular weight is 415 g/mol. The van der Waals surface area contributed by atoms with Gasteiger partial charge in [-0.05, 0) is 67.8 Å². The lowest BCUT2D eigenvalue weighted by Gasteiger charge is -2.11. The highest BCUT2D eigenvalue weighted by Crippen LogP contribution is 2.21. The molecule has 0 saturated carbocycles. The number of nitrogens with zero attached hydrogens (tertiary/aromatic N) is 1. The van der Waals surface area contributed by atoms with Crippen LogP contribution in [0.25, 0.3) is 11.0 Å². The van der Waals surface area contributed by atoms with Gasteiger partial charge < -0.3 is 14.5 Å². The Kier molecular flexibility index (Phi) is 5.65. The second-order valence-corrected chi connectivity index (χ2v) is 7.47. The Morgan fingerprint density at radius 3 is 2.90 bits per heavy atom. The zero-order valence-electron chi connectivity index (χ0n) is 15.9. The lowest BCUT2D eigenvalue weighted by molar-refractivity contribution is 0.0854. The summed E-state index contributed by atoms with van der Waals surface area (Å²) in [6.07, 6.45) is 1.93. The van der Waals surface area contributed by atoms with Crippen LogP contribution in [-0.2, 0) is 4.74 Å². The van der Waals surface area contributed by atoms with Crippen LogP contribution in [-0.4, -0.2) is 25.2 Å². The molecule has 1 N–H and O–H groups in total. The molecule has 7 heteroatoms. The number of carbonyl (C=O) groups excluding carboxylic acids is 1. The zero-order chi connectivity index (χ0) is 20.4. The highest BCUT2D eigenvalue weighted by atomic mass is 35.5. The molecule has 150 valence electrons. The van der Waals surface area contributed by atoms with Gasteiger partial charge in [-0.1, -0.05) is 11.6 Å². The van der Waals surface area contributed by atoms with E-state index in [0.29, 0.717) is 33.8 Å². The number of hydrogen-bond acceptors (Lipinski definition) is 4. The number of aryl methyl sites for hydroxylation is 1. The van der Waals surface area contributed by atoms with Gasteiger partial charge in [0.2, 0.25) is 5.55 Å². The van der Waals surface area contributed by atoms with Crippen LogP contribution in [0.2, 0.25) is 5.02 Å². The van der Waals surface area contributed by atoms with E-state index in [0.717, 1.165) is 19.4 Å². The molecule has 1 aromatic heterocycles. The van der Waals surface area contributed by atoms with Crippen molar-refractivity contribution < 1.29 is 18.3 Å². The van der Waals surface area contributed by atoms with Gasteiger partial charge in [-0.15, -0.1) is 0 Å². The maximum absolute atomic E-state index is 13.4. The molecule has 0 aliphatic carbocycles. The summed E-state index contributed by atoms with van der Waals surface area (Å²) in [5.74, 6) is -0.661. The van der Waals surface area contributed by atoms with Crippen LogP contribution in [0.15, 0.2) is 51.9 Å². The van der Waals surface area contributed by atoms with E-state index in [1.54, 1.807) is 37.3 Å². The zero-order valence-corrected chi connectivity index (χ0v) is 16.6. The summed E-state index contributed by atoms with van der Waals surface area (Å²) >= 11 is 6.09. The van der Waals surface area contributed by atoms with Gasteiger partial charge in [-0.3, -0.25) is 4.79 Å². The standard InChI is InChI=1S/C22H20ClFN2O3/c1-13-9-16(24)5-6-19(13)26-22-18(21(27)25-12-17-3-2-8-28-17)11-14-10-15(23)4-7-20(14)29-22/h4-7,9-11,17H,2-3,8,12H2,1H3,(H,25,27)/t17-/m1/s1. The smallest absolute Gasteiger partial charge is 0.256 e. The summed E-state index contributed by atoms with van der Waals surface area (Å²) in [5.41, 5.74) is 2.14. The molecule has 1 fully saturated rings. The van der Waals surface area contributed by atoms with Crippen molar-refractivity contribution in [2.24, 2.45) is 4.99 Å². The molecule has 1 atom stereocenters. The summed E-state index contributed by atoms with van der Waals surface area (Å²) in [5, 5.41) is 4.12. The maximum atomic E-state index is 13.4. The summed E-state index contributed by atoms with van der Waals surface area (Å²) in [6.45, 7) is 2.89. The van der Waals surface area contributed by atoms with Crippen LogP contribution in [0.4, 0.5) is 10.1 Å². The third-order valence-electron chi connectivity index (χ3n) is 4.85. The van der Waals surface area contributed by atoms with Crippen molar-refractivity contribution in [1.29, 1.82) is 0 Å². The Morgan fingerprint density at radius 2 is 2.14 bits per heavy atom. The van der Waals surface area contributed by atoms with E-state index < -0.39 is 0 Å². The molecule has 2 heterocycles. The fraction of sp³-hybridized carbons (Fsp3) is 0.273. The first-order valence-electron chi connectivity index (χ1n) is 9.44. The molecule has 29 heavy (non-hydrogen) atoms. The second-order valence-electron chi connectivity index (χ2n) is 7.04. The number of halogens is 2. The van der Waals surface area contributed by atoms with E-state index in [4.69, 9.17) is 20.8 Å². The van der Waals surface area contributed by atoms with Crippen LogP contribution < -0.4 is 10.9 Å². The third-order valence-corrected chi connectivity index (χ3v) is 5.08. The van der Waals surface area contributed by atoms with Crippen molar-refractivity contribution in [1.82, 2.24) is 5.32 Å². The predicted octanol–water partition coefficient (Wildman–Crippen LogP) is 4.67. The Hall–Kier alpha value is -2.70. The summed E-state index contributed by atoms with van der Waals surface area (Å²) in [6, 6.07) is 11.1. The fourth-order valence-electron chi connectivity index (χ4n) is 3.31. The topological polar surface area (TPSA) is 63.8 Å². The number of nitrogens with one attached hydrogen (secondary N) is 1. The van der Waals surface area contributed by atoms with Crippen molar-refractivity contribution in [3.63, 3.8) is 0 Å². The molecule has 4 rings (SSSR count). The number of hydrogen-bond donors (Lipinski definition) is 1. The van der Waals surface area contributed by atoms with Gasteiger partial charge in [0.1, 0.15) is 17.0 Å². The Bertz CT molecular complexity index is 1140. The van der Waals surface area contributed by atoms with Gasteiger partial charge in [-0.25, -0.2) is 9.38 Å². The van der Waals surface area contributed by atoms with Crippen molar-refractivity contribution in [2.75, 3.05) is 13.2 Å². The molecule has 2 aromatic carbocycles. The molecule has 1 amide bonds. The monoisotopic (exact) mass is 414 g/mol. The SMILES string of the molecule is Cc1cc(F)ccc1N=c1oc2ccc(Cl)cc2cc1C(=O)NC[C@H]1CCCO1. The molecule has 1 saturated heterocycles. The summed E-state index contributed by atoms with van der Waals surface area (Å²) in [7, 11) is 0. The van der Waals surface area contributed by atoms with Gasteiger partial charge in [0.05, 0.1) is 11.8 Å². The van der Waals surface area contributed by atoms with E-state index in [9.17, 15) is 9.18 Å². The van der Waals surface area contributed by atoms with Crippen LogP contribution in [0.5, 0.6) is 0 Å². The van der Waals surface area contributed by atoms with Gasteiger partial charge in [0.15, 0.2) is 0 Å². The minimum Gasteiger partial charge on any atom is -0.438 e. The molecule has 0 spiro atoms. The fourth-order valence-corrected chi connectivity index (χ4v) is 3.49. The predicted molar refractivity (Wildman–Crippen MR) is 109 cm³/mol. The summed E-state index contributed by atoms with van der Waals surface area (Å²) < 4.78 is 24.9. The van der Waals surface area contributed by atoms with E-state index in [-0.39, 0.29) is 28.9 Å². The van der Waals surface area contributed by atoms with Gasteiger partial charge in [0.25, 0.3) is 5.91 Å². The van der Waals surface area contributed by atoms with Gasteiger partial charge in [0, 0.05) is 23.6 Å². The van der Waals surface area contributed by atoms with Crippen molar-refractivity contribution in [3.8, 4) is 0 Å². The molecular formula is C22H20ClFN2O3. The third kappa shape index (κ3) is 4.49. The van der Waals surface area contributed by atoms with Crippen LogP contribution in [0.1, 0.15) is 28.8 Å². The quantitative estimate of drug-likeness (QED) is 0.674. The lowest BCUT2D eigenvalue weighted by atomic mass is 10.1. The lowest BCUT2D eigenvalue weighted by Crippen LogP contribution is -2.34. The average Bonchev–Trinajstić information content (AvgIpc) is 3.21. The normalized spacial score (nSPS) is 17.1. The van der Waals surface area contributed by atoms with E-state index >= 15 is 0 Å². The minimum atomic E-state index is -0.346. The van der Waals surface area contributed by atoms with Crippen LogP contribution in [0.3, 0.4) is 0 Å². The summed E-state index contributed by atoms with van der Waals surface area (Å²) in [4.78, 5) is 17.4. The highest BCUT2D eigenvalue weighted by Gasteiger charge is 2.18. The van der Waals surface area contributed by atoms with Crippen LogP contribution >= 0.6 is 11.6 Å². The number of rotatable bonds is 4. The van der Waals surface area contributed by atoms with Crippen molar-refractivity contribution in [3.05, 3.63) is 70.0 Å². The van der Waals surface area contributed by atoms with Crippen molar-refractivity contribution in [2.45, 2.75) is 25.9 Å². The largest absolute Gasteiger partial charge is 0.438 e. The minimum absolute atomic E-state index is 0.0190. The number of carbonyl (C=O) groups is 1. The molecular weight excluding hydrogens is 395 g/mol. The Balaban J connectivity index is 1.78. The first-order valence-corrected chi connectivity index (χ1v) is 9.81. The van der Waals surface area contributed by atoms with Crippen LogP contribution in [0, 0.1) is 12.7 Å². The first-order chi connectivity index (χ1) is 14.0. The molecule has 0 radical (unpaired) electrons. The van der Waals surface area contributed by atoms with E-state index in [1.165, 1.54) is 12.1 Å². The molecule has 3 aromatic rings. The second kappa shape index (κ2) is 8.35. The molecule has 0 bridgehead atoms. The Morgan fingerprint density at radius 1 is 1.28 bits per heavy atom. The number of ether oxygens (including phenoxy) is 1.